The van der Waals surface area contributed by atoms with Crippen LogP contribution in [0, 0.1) is 0 Å². The Morgan fingerprint density at radius 2 is 1.84 bits per heavy atom. The van der Waals surface area contributed by atoms with Crippen molar-refractivity contribution in [2.75, 3.05) is 12.4 Å². The summed E-state index contributed by atoms with van der Waals surface area (Å²) in [6, 6.07) is 13.4. The average molecular weight is 444 g/mol. The normalized spacial score (nSPS) is 11.5. The number of amides is 1. The Labute approximate surface area is 181 Å². The summed E-state index contributed by atoms with van der Waals surface area (Å²) in [5.74, 6) is -0.241. The summed E-state index contributed by atoms with van der Waals surface area (Å²) in [6.45, 7) is 5.49. The molecule has 0 spiro atoms. The van der Waals surface area contributed by atoms with Crippen LogP contribution in [-0.2, 0) is 16.4 Å². The molecular weight excluding hydrogens is 418 g/mol. The van der Waals surface area contributed by atoms with Gasteiger partial charge in [-0.2, -0.15) is 0 Å². The topological polar surface area (TPSA) is 111 Å². The molecule has 0 aliphatic carbocycles. The number of hydrogen-bond donors (Lipinski definition) is 2. The molecule has 3 aromatic rings. The van der Waals surface area contributed by atoms with Crippen molar-refractivity contribution in [3.8, 4) is 17.0 Å². The lowest BCUT2D eigenvalue weighted by Gasteiger charge is -2.13. The number of methoxy groups -OCH3 is 1. The van der Waals surface area contributed by atoms with Crippen molar-refractivity contribution in [1.29, 1.82) is 0 Å². The maximum Gasteiger partial charge on any atom is 0.258 e. The number of carbonyl (C=O) groups excluding carboxylic acids is 1. The van der Waals surface area contributed by atoms with Gasteiger partial charge in [0, 0.05) is 23.2 Å². The third kappa shape index (κ3) is 5.31. The van der Waals surface area contributed by atoms with E-state index in [-0.39, 0.29) is 28.1 Å². The van der Waals surface area contributed by atoms with E-state index in [1.54, 1.807) is 19.9 Å². The Bertz CT molecular complexity index is 1170. The highest BCUT2D eigenvalue weighted by Gasteiger charge is 2.23. The first kappa shape index (κ1) is 22.5. The highest BCUT2D eigenvalue weighted by Crippen LogP contribution is 2.26. The molecule has 3 rings (SSSR count). The number of aromatic nitrogens is 1. The molecule has 0 atom stereocenters. The fourth-order valence-electron chi connectivity index (χ4n) is 2.97. The lowest BCUT2D eigenvalue weighted by atomic mass is 10.1. The number of aryl methyl sites for hydroxylation is 1. The minimum atomic E-state index is -3.86. The van der Waals surface area contributed by atoms with Crippen LogP contribution in [0.3, 0.4) is 0 Å². The van der Waals surface area contributed by atoms with Gasteiger partial charge in [-0.1, -0.05) is 36.3 Å². The number of anilines is 1. The molecule has 164 valence electrons. The molecular formula is C22H25N3O5S. The fraction of sp³-hybridized carbons (Fsp3) is 0.273. The lowest BCUT2D eigenvalue weighted by molar-refractivity contribution is 0.102. The smallest absolute Gasteiger partial charge is 0.258 e. The number of ether oxygens (including phenoxy) is 1. The first-order chi connectivity index (χ1) is 14.7. The monoisotopic (exact) mass is 443 g/mol. The molecule has 2 N–H and O–H groups in total. The van der Waals surface area contributed by atoms with Crippen molar-refractivity contribution in [2.24, 2.45) is 0 Å². The summed E-state index contributed by atoms with van der Waals surface area (Å²) in [7, 11) is -2.49. The first-order valence-corrected chi connectivity index (χ1v) is 11.3. The second kappa shape index (κ2) is 9.32. The molecule has 31 heavy (non-hydrogen) atoms. The molecule has 0 aliphatic rings. The SMILES string of the molecule is CCc1ccc(-c2cc(NC(=O)c3ccc(OC)c(S(=O)(=O)NC(C)C)c3)on2)cc1. The summed E-state index contributed by atoms with van der Waals surface area (Å²) >= 11 is 0. The Morgan fingerprint density at radius 1 is 1.13 bits per heavy atom. The number of carbonyl (C=O) groups is 1. The van der Waals surface area contributed by atoms with Crippen LogP contribution in [0.4, 0.5) is 5.88 Å². The molecule has 0 saturated carbocycles. The number of hydrogen-bond acceptors (Lipinski definition) is 6. The van der Waals surface area contributed by atoms with Crippen molar-refractivity contribution >= 4 is 21.8 Å². The zero-order chi connectivity index (χ0) is 22.6. The van der Waals surface area contributed by atoms with E-state index >= 15 is 0 Å². The van der Waals surface area contributed by atoms with Crippen molar-refractivity contribution in [3.63, 3.8) is 0 Å². The molecule has 1 amide bonds. The zero-order valence-corrected chi connectivity index (χ0v) is 18.6. The van der Waals surface area contributed by atoms with E-state index in [0.29, 0.717) is 5.69 Å². The fourth-order valence-corrected chi connectivity index (χ4v) is 4.41. The third-order valence-corrected chi connectivity index (χ3v) is 6.19. The number of rotatable bonds is 8. The second-order valence-electron chi connectivity index (χ2n) is 7.22. The average Bonchev–Trinajstić information content (AvgIpc) is 3.20. The van der Waals surface area contributed by atoms with Crippen LogP contribution in [0.15, 0.2) is 57.9 Å². The molecule has 9 heteroatoms. The number of sulfonamides is 1. The Kier molecular flexibility index (Phi) is 6.77. The molecule has 8 nitrogen and oxygen atoms in total. The van der Waals surface area contributed by atoms with Crippen molar-refractivity contribution < 1.29 is 22.5 Å². The van der Waals surface area contributed by atoms with Gasteiger partial charge in [0.1, 0.15) is 16.3 Å². The van der Waals surface area contributed by atoms with Gasteiger partial charge in [0.2, 0.25) is 15.9 Å². The summed E-state index contributed by atoms with van der Waals surface area (Å²) in [5, 5.41) is 6.59. The van der Waals surface area contributed by atoms with Crippen molar-refractivity contribution in [2.45, 2.75) is 38.1 Å². The maximum atomic E-state index is 12.7. The molecule has 0 unspecified atom stereocenters. The van der Waals surface area contributed by atoms with Crippen molar-refractivity contribution in [3.05, 3.63) is 59.7 Å². The number of benzene rings is 2. The van der Waals surface area contributed by atoms with Gasteiger partial charge in [0.05, 0.1) is 7.11 Å². The largest absolute Gasteiger partial charge is 0.495 e. The van der Waals surface area contributed by atoms with E-state index < -0.39 is 15.9 Å². The zero-order valence-electron chi connectivity index (χ0n) is 17.8. The molecule has 1 heterocycles. The van der Waals surface area contributed by atoms with Crippen molar-refractivity contribution in [1.82, 2.24) is 9.88 Å². The van der Waals surface area contributed by atoms with Gasteiger partial charge in [-0.3, -0.25) is 10.1 Å². The van der Waals surface area contributed by atoms with Crippen LogP contribution >= 0.6 is 0 Å². The number of nitrogens with zero attached hydrogens (tertiary/aromatic N) is 1. The molecule has 1 aromatic heterocycles. The van der Waals surface area contributed by atoms with E-state index in [4.69, 9.17) is 9.26 Å². The molecule has 0 saturated heterocycles. The van der Waals surface area contributed by atoms with Gasteiger partial charge >= 0.3 is 0 Å². The predicted molar refractivity (Wildman–Crippen MR) is 118 cm³/mol. The summed E-state index contributed by atoms with van der Waals surface area (Å²) in [5.41, 5.74) is 2.78. The summed E-state index contributed by atoms with van der Waals surface area (Å²) < 4.78 is 38.1. The summed E-state index contributed by atoms with van der Waals surface area (Å²) in [6.07, 6.45) is 0.937. The highest BCUT2D eigenvalue weighted by atomic mass is 32.2. The second-order valence-corrected chi connectivity index (χ2v) is 8.91. The van der Waals surface area contributed by atoms with Crippen LogP contribution in [0.1, 0.15) is 36.7 Å². The van der Waals surface area contributed by atoms with E-state index in [1.807, 2.05) is 24.3 Å². The highest BCUT2D eigenvalue weighted by molar-refractivity contribution is 7.89. The standard InChI is InChI=1S/C22H25N3O5S/c1-5-15-6-8-16(9-7-15)18-13-21(30-24-18)23-22(26)17-10-11-19(29-4)20(12-17)31(27,28)25-14(2)3/h6-14,25H,5H2,1-4H3,(H,23,26). The minimum Gasteiger partial charge on any atom is -0.495 e. The van der Waals surface area contributed by atoms with Gasteiger partial charge in [0.15, 0.2) is 0 Å². The quantitative estimate of drug-likeness (QED) is 0.547. The Hall–Kier alpha value is -3.17. The molecule has 0 radical (unpaired) electrons. The van der Waals surface area contributed by atoms with Gasteiger partial charge in [-0.05, 0) is 44.0 Å². The first-order valence-electron chi connectivity index (χ1n) is 9.81. The molecule has 0 bridgehead atoms. The molecule has 0 fully saturated rings. The van der Waals surface area contributed by atoms with Gasteiger partial charge in [-0.15, -0.1) is 0 Å². The van der Waals surface area contributed by atoms with Crippen LogP contribution in [0.5, 0.6) is 5.75 Å². The van der Waals surface area contributed by atoms with Gasteiger partial charge in [0.25, 0.3) is 5.91 Å². The van der Waals surface area contributed by atoms with Crippen LogP contribution in [-0.4, -0.2) is 32.6 Å². The third-order valence-electron chi connectivity index (χ3n) is 4.51. The van der Waals surface area contributed by atoms with Crippen LogP contribution < -0.4 is 14.8 Å². The summed E-state index contributed by atoms with van der Waals surface area (Å²) in [4.78, 5) is 12.6. The van der Waals surface area contributed by atoms with Gasteiger partial charge < -0.3 is 9.26 Å². The van der Waals surface area contributed by atoms with Crippen LogP contribution in [0.25, 0.3) is 11.3 Å². The van der Waals surface area contributed by atoms with E-state index in [0.717, 1.165) is 12.0 Å². The molecule has 2 aromatic carbocycles. The Balaban J connectivity index is 1.82. The van der Waals surface area contributed by atoms with E-state index in [2.05, 4.69) is 22.1 Å². The Morgan fingerprint density at radius 3 is 2.45 bits per heavy atom. The van der Waals surface area contributed by atoms with Gasteiger partial charge in [-0.25, -0.2) is 13.1 Å². The van der Waals surface area contributed by atoms with Crippen LogP contribution in [0.2, 0.25) is 0 Å². The van der Waals surface area contributed by atoms with E-state index in [1.165, 1.54) is 30.9 Å². The van der Waals surface area contributed by atoms with E-state index in [9.17, 15) is 13.2 Å². The number of nitrogens with one attached hydrogen (secondary N) is 2. The minimum absolute atomic E-state index is 0.120. The molecule has 0 aliphatic heterocycles. The maximum absolute atomic E-state index is 12.7. The predicted octanol–water partition coefficient (Wildman–Crippen LogP) is 3.85. The lowest BCUT2D eigenvalue weighted by Crippen LogP contribution is -2.30.